The lowest BCUT2D eigenvalue weighted by Gasteiger charge is -2.14. The van der Waals surface area contributed by atoms with Gasteiger partial charge in [-0.05, 0) is 29.3 Å². The highest BCUT2D eigenvalue weighted by Crippen LogP contribution is 2.35. The fourth-order valence-electron chi connectivity index (χ4n) is 3.38. The third-order valence-electron chi connectivity index (χ3n) is 5.06. The molecular weight excluding hydrogens is 448 g/mol. The molecule has 0 amide bonds. The van der Waals surface area contributed by atoms with Gasteiger partial charge in [0.05, 0.1) is 17.7 Å². The lowest BCUT2D eigenvalue weighted by Crippen LogP contribution is -2.04. The molecule has 0 saturated carbocycles. The second-order valence-electron chi connectivity index (χ2n) is 7.64. The van der Waals surface area contributed by atoms with Gasteiger partial charge in [-0.2, -0.15) is 4.98 Å². The van der Waals surface area contributed by atoms with Crippen molar-refractivity contribution in [3.8, 4) is 34.7 Å². The lowest BCUT2D eigenvalue weighted by atomic mass is 10.0. The van der Waals surface area contributed by atoms with E-state index in [2.05, 4.69) is 16.8 Å². The van der Waals surface area contributed by atoms with Crippen LogP contribution >= 0.6 is 0 Å². The van der Waals surface area contributed by atoms with Gasteiger partial charge in [0.25, 0.3) is 0 Å². The molecule has 0 fully saturated rings. The molecule has 176 valence electrons. The SMILES string of the molecule is OCCC#Cc1cc(F)c(-c2ccc(OCc3ccccc3)nc2OCc2ccccc2)c(F)c1. The standard InChI is InChI=1S/C29H23F2NO3/c30-25-17-23(13-7-8-16-33)18-26(31)28(25)24-14-15-27(34-19-21-9-3-1-4-10-21)32-29(24)35-20-22-11-5-2-6-12-22/h1-6,9-12,14-15,17-18,33H,8,16,19-20H2. The van der Waals surface area contributed by atoms with Crippen LogP contribution in [0, 0.1) is 23.5 Å². The molecule has 0 atom stereocenters. The normalized spacial score (nSPS) is 10.4. The summed E-state index contributed by atoms with van der Waals surface area (Å²) in [6.45, 7) is 0.328. The number of benzene rings is 3. The van der Waals surface area contributed by atoms with Crippen molar-refractivity contribution in [2.24, 2.45) is 0 Å². The predicted molar refractivity (Wildman–Crippen MR) is 130 cm³/mol. The van der Waals surface area contributed by atoms with E-state index < -0.39 is 11.6 Å². The van der Waals surface area contributed by atoms with E-state index in [1.807, 2.05) is 60.7 Å². The maximum absolute atomic E-state index is 15.0. The molecule has 0 aliphatic carbocycles. The van der Waals surface area contributed by atoms with Gasteiger partial charge in [-0.1, -0.05) is 72.5 Å². The number of halogens is 2. The van der Waals surface area contributed by atoms with Crippen molar-refractivity contribution in [1.29, 1.82) is 0 Å². The average Bonchev–Trinajstić information content (AvgIpc) is 2.88. The van der Waals surface area contributed by atoms with Crippen LogP contribution in [0.2, 0.25) is 0 Å². The molecule has 0 spiro atoms. The maximum Gasteiger partial charge on any atom is 0.225 e. The molecule has 4 nitrogen and oxygen atoms in total. The summed E-state index contributed by atoms with van der Waals surface area (Å²) >= 11 is 0. The Bertz CT molecular complexity index is 1310. The van der Waals surface area contributed by atoms with Crippen molar-refractivity contribution >= 4 is 0 Å². The first kappa shape index (κ1) is 23.9. The molecule has 1 N–H and O–H groups in total. The number of aliphatic hydroxyl groups is 1. The smallest absolute Gasteiger partial charge is 0.225 e. The van der Waals surface area contributed by atoms with E-state index in [1.165, 1.54) is 6.07 Å². The summed E-state index contributed by atoms with van der Waals surface area (Å²) in [5, 5.41) is 8.85. The van der Waals surface area contributed by atoms with Crippen molar-refractivity contribution in [1.82, 2.24) is 4.98 Å². The van der Waals surface area contributed by atoms with Crippen LogP contribution in [0.4, 0.5) is 8.78 Å². The van der Waals surface area contributed by atoms with Crippen molar-refractivity contribution in [3.63, 3.8) is 0 Å². The topological polar surface area (TPSA) is 51.6 Å². The second kappa shape index (κ2) is 11.8. The predicted octanol–water partition coefficient (Wildman–Crippen LogP) is 5.92. The molecule has 35 heavy (non-hydrogen) atoms. The first-order valence-corrected chi connectivity index (χ1v) is 11.1. The van der Waals surface area contributed by atoms with Crippen LogP contribution in [0.3, 0.4) is 0 Å². The first-order valence-electron chi connectivity index (χ1n) is 11.1. The van der Waals surface area contributed by atoms with E-state index in [-0.39, 0.29) is 54.7 Å². The molecule has 1 heterocycles. The van der Waals surface area contributed by atoms with Crippen molar-refractivity contribution in [2.45, 2.75) is 19.6 Å². The van der Waals surface area contributed by atoms with E-state index in [1.54, 1.807) is 6.07 Å². The Labute approximate surface area is 202 Å². The fourth-order valence-corrected chi connectivity index (χ4v) is 3.38. The Morgan fingerprint density at radius 1 is 0.771 bits per heavy atom. The summed E-state index contributed by atoms with van der Waals surface area (Å²) in [5.41, 5.74) is 1.92. The minimum absolute atomic E-state index is 0.0522. The summed E-state index contributed by atoms with van der Waals surface area (Å²) in [7, 11) is 0. The Kier molecular flexibility index (Phi) is 8.05. The summed E-state index contributed by atoms with van der Waals surface area (Å²) in [4.78, 5) is 4.41. The number of pyridine rings is 1. The summed E-state index contributed by atoms with van der Waals surface area (Å²) < 4.78 is 41.8. The van der Waals surface area contributed by atoms with Crippen LogP contribution in [0.15, 0.2) is 84.9 Å². The van der Waals surface area contributed by atoms with Crippen LogP contribution < -0.4 is 9.47 Å². The molecule has 0 radical (unpaired) electrons. The van der Waals surface area contributed by atoms with Crippen molar-refractivity contribution in [3.05, 3.63) is 113 Å². The zero-order valence-electron chi connectivity index (χ0n) is 18.9. The van der Waals surface area contributed by atoms with Crippen molar-refractivity contribution in [2.75, 3.05) is 6.61 Å². The maximum atomic E-state index is 15.0. The van der Waals surface area contributed by atoms with Gasteiger partial charge >= 0.3 is 0 Å². The van der Waals surface area contributed by atoms with Gasteiger partial charge in [0.2, 0.25) is 11.8 Å². The number of aromatic nitrogens is 1. The highest BCUT2D eigenvalue weighted by atomic mass is 19.1. The minimum atomic E-state index is -0.789. The molecule has 6 heteroatoms. The van der Waals surface area contributed by atoms with Gasteiger partial charge in [-0.3, -0.25) is 0 Å². The molecule has 0 aliphatic heterocycles. The number of nitrogens with zero attached hydrogens (tertiary/aromatic N) is 1. The van der Waals surface area contributed by atoms with Crippen LogP contribution in [0.25, 0.3) is 11.1 Å². The molecule has 0 bridgehead atoms. The third kappa shape index (κ3) is 6.44. The summed E-state index contributed by atoms with van der Waals surface area (Å²) in [5.74, 6) is 4.06. The van der Waals surface area contributed by atoms with Crippen LogP contribution in [0.1, 0.15) is 23.1 Å². The van der Waals surface area contributed by atoms with Gasteiger partial charge in [0.15, 0.2) is 0 Å². The highest BCUT2D eigenvalue weighted by molar-refractivity contribution is 5.71. The van der Waals surface area contributed by atoms with Crippen LogP contribution in [0.5, 0.6) is 11.8 Å². The summed E-state index contributed by atoms with van der Waals surface area (Å²) in [6.07, 6.45) is 0.219. The summed E-state index contributed by atoms with van der Waals surface area (Å²) in [6, 6.07) is 24.4. The Morgan fingerprint density at radius 3 is 1.97 bits per heavy atom. The number of aliphatic hydroxyl groups excluding tert-OH is 1. The number of rotatable bonds is 8. The van der Waals surface area contributed by atoms with Crippen molar-refractivity contribution < 1.29 is 23.4 Å². The quantitative estimate of drug-likeness (QED) is 0.324. The number of ether oxygens (including phenoxy) is 2. The highest BCUT2D eigenvalue weighted by Gasteiger charge is 2.19. The van der Waals surface area contributed by atoms with Gasteiger partial charge in [-0.25, -0.2) is 8.78 Å². The van der Waals surface area contributed by atoms with E-state index in [4.69, 9.17) is 14.6 Å². The molecule has 4 rings (SSSR count). The van der Waals surface area contributed by atoms with E-state index in [0.717, 1.165) is 23.3 Å². The van der Waals surface area contributed by atoms with E-state index >= 15 is 8.78 Å². The van der Waals surface area contributed by atoms with Gasteiger partial charge in [0.1, 0.15) is 24.8 Å². The fraction of sp³-hybridized carbons (Fsp3) is 0.138. The zero-order valence-corrected chi connectivity index (χ0v) is 18.9. The molecule has 1 aromatic heterocycles. The van der Waals surface area contributed by atoms with E-state index in [9.17, 15) is 0 Å². The lowest BCUT2D eigenvalue weighted by molar-refractivity contribution is 0.268. The molecule has 0 aliphatic rings. The monoisotopic (exact) mass is 471 g/mol. The molecule has 0 saturated heterocycles. The van der Waals surface area contributed by atoms with Gasteiger partial charge in [-0.15, -0.1) is 0 Å². The number of hydrogen-bond acceptors (Lipinski definition) is 4. The molecular formula is C29H23F2NO3. The van der Waals surface area contributed by atoms with Crippen LogP contribution in [-0.4, -0.2) is 16.7 Å². The zero-order chi connectivity index (χ0) is 24.5. The van der Waals surface area contributed by atoms with Gasteiger partial charge < -0.3 is 14.6 Å². The van der Waals surface area contributed by atoms with Gasteiger partial charge in [0, 0.05) is 18.1 Å². The van der Waals surface area contributed by atoms with E-state index in [0.29, 0.717) is 0 Å². The van der Waals surface area contributed by atoms with Crippen LogP contribution in [-0.2, 0) is 13.2 Å². The Morgan fingerprint density at radius 2 is 1.37 bits per heavy atom. The Hall–Kier alpha value is -4.21. The molecule has 3 aromatic carbocycles. The molecule has 4 aromatic rings. The average molecular weight is 472 g/mol. The minimum Gasteiger partial charge on any atom is -0.473 e. The number of hydrogen-bond donors (Lipinski definition) is 1. The third-order valence-corrected chi connectivity index (χ3v) is 5.06. The largest absolute Gasteiger partial charge is 0.473 e. The Balaban J connectivity index is 1.66. The molecule has 0 unspecified atom stereocenters. The second-order valence-corrected chi connectivity index (χ2v) is 7.64. The first-order chi connectivity index (χ1) is 17.1.